The number of piperidine rings is 1. The summed E-state index contributed by atoms with van der Waals surface area (Å²) in [4.78, 5) is 26.5. The maximum Gasteiger partial charge on any atom is 0.320 e. The molecule has 0 bridgehead atoms. The first-order valence-corrected chi connectivity index (χ1v) is 7.08. The second-order valence-corrected chi connectivity index (χ2v) is 5.43. The third kappa shape index (κ3) is 3.83. The zero-order chi connectivity index (χ0) is 14.5. The lowest BCUT2D eigenvalue weighted by atomic mass is 9.98. The molecule has 2 aliphatic heterocycles. The third-order valence-corrected chi connectivity index (χ3v) is 3.95. The zero-order valence-corrected chi connectivity index (χ0v) is 11.5. The van der Waals surface area contributed by atoms with Crippen molar-refractivity contribution in [3.8, 4) is 0 Å². The summed E-state index contributed by atoms with van der Waals surface area (Å²) in [5, 5.41) is 17.9. The van der Waals surface area contributed by atoms with Crippen molar-refractivity contribution in [1.29, 1.82) is 0 Å². The van der Waals surface area contributed by atoms with Gasteiger partial charge in [-0.2, -0.15) is 0 Å². The highest BCUT2D eigenvalue weighted by molar-refractivity contribution is 5.75. The minimum atomic E-state index is -0.909. The first-order chi connectivity index (χ1) is 9.60. The van der Waals surface area contributed by atoms with Gasteiger partial charge in [-0.05, 0) is 18.8 Å². The topological polar surface area (TPSA) is 90.3 Å². The smallest absolute Gasteiger partial charge is 0.320 e. The quantitative estimate of drug-likeness (QED) is 0.761. The Morgan fingerprint density at radius 1 is 1.15 bits per heavy atom. The molecule has 2 aliphatic rings. The minimum Gasteiger partial charge on any atom is -0.481 e. The fourth-order valence-corrected chi connectivity index (χ4v) is 2.72. The highest BCUT2D eigenvalue weighted by Crippen LogP contribution is 2.19. The molecule has 0 aromatic heterocycles. The van der Waals surface area contributed by atoms with Crippen molar-refractivity contribution in [2.75, 3.05) is 39.4 Å². The molecule has 0 spiro atoms. The molecule has 7 heteroatoms. The molecule has 114 valence electrons. The number of nitrogens with zero attached hydrogens (tertiary/aromatic N) is 2. The van der Waals surface area contributed by atoms with E-state index in [-0.39, 0.29) is 19.1 Å². The lowest BCUT2D eigenvalue weighted by Crippen LogP contribution is -2.53. The molecule has 0 aliphatic carbocycles. The number of hydrogen-bond acceptors (Lipinski definition) is 4. The number of carboxylic acids is 1. The van der Waals surface area contributed by atoms with Crippen LogP contribution in [0.5, 0.6) is 0 Å². The Kier molecular flexibility index (Phi) is 5.19. The van der Waals surface area contributed by atoms with E-state index in [2.05, 4.69) is 0 Å². The average molecular weight is 286 g/mol. The summed E-state index contributed by atoms with van der Waals surface area (Å²) in [5.74, 6) is -0.614. The highest BCUT2D eigenvalue weighted by atomic mass is 16.5. The Morgan fingerprint density at radius 2 is 1.85 bits per heavy atom. The molecule has 2 saturated heterocycles. The predicted octanol–water partition coefficient (Wildman–Crippen LogP) is -0.0138. The lowest BCUT2D eigenvalue weighted by Gasteiger charge is -2.38. The van der Waals surface area contributed by atoms with Gasteiger partial charge < -0.3 is 24.7 Å². The Morgan fingerprint density at radius 3 is 2.45 bits per heavy atom. The van der Waals surface area contributed by atoms with Gasteiger partial charge >= 0.3 is 12.0 Å². The van der Waals surface area contributed by atoms with Crippen LogP contribution in [-0.2, 0) is 9.53 Å². The van der Waals surface area contributed by atoms with E-state index in [0.717, 1.165) is 12.8 Å². The zero-order valence-electron chi connectivity index (χ0n) is 11.5. The van der Waals surface area contributed by atoms with Crippen LogP contribution in [0, 0.1) is 5.92 Å². The van der Waals surface area contributed by atoms with Gasteiger partial charge in [-0.1, -0.05) is 0 Å². The number of carbonyl (C=O) groups excluding carboxylic acids is 1. The van der Waals surface area contributed by atoms with Gasteiger partial charge in [0.25, 0.3) is 0 Å². The Balaban J connectivity index is 1.84. The Bertz CT molecular complexity index is 355. The number of likely N-dealkylation sites (tertiary alicyclic amines) is 1. The van der Waals surface area contributed by atoms with E-state index in [1.165, 1.54) is 0 Å². The van der Waals surface area contributed by atoms with Crippen LogP contribution in [-0.4, -0.2) is 77.5 Å². The summed E-state index contributed by atoms with van der Waals surface area (Å²) in [6.45, 7) is 2.73. The van der Waals surface area contributed by atoms with Gasteiger partial charge in [0.15, 0.2) is 0 Å². The number of hydrogen-bond donors (Lipinski definition) is 2. The highest BCUT2D eigenvalue weighted by Gasteiger charge is 2.30. The summed E-state index contributed by atoms with van der Waals surface area (Å²) in [7, 11) is 0. The molecular formula is C13H22N2O5. The van der Waals surface area contributed by atoms with Crippen molar-refractivity contribution in [3.05, 3.63) is 0 Å². The van der Waals surface area contributed by atoms with Crippen LogP contribution >= 0.6 is 0 Å². The van der Waals surface area contributed by atoms with Crippen molar-refractivity contribution >= 4 is 12.0 Å². The van der Waals surface area contributed by atoms with Gasteiger partial charge in [0.2, 0.25) is 0 Å². The molecule has 2 N–H and O–H groups in total. The van der Waals surface area contributed by atoms with E-state index in [4.69, 9.17) is 14.9 Å². The van der Waals surface area contributed by atoms with Gasteiger partial charge in [-0.15, -0.1) is 0 Å². The van der Waals surface area contributed by atoms with E-state index in [1.807, 2.05) is 0 Å². The Labute approximate surface area is 118 Å². The van der Waals surface area contributed by atoms with E-state index in [1.54, 1.807) is 9.80 Å². The van der Waals surface area contributed by atoms with Crippen LogP contribution in [0.3, 0.4) is 0 Å². The number of aliphatic hydroxyl groups is 1. The first-order valence-electron chi connectivity index (χ1n) is 7.08. The fourth-order valence-electron chi connectivity index (χ4n) is 2.72. The van der Waals surface area contributed by atoms with Crippen molar-refractivity contribution in [1.82, 2.24) is 9.80 Å². The van der Waals surface area contributed by atoms with Gasteiger partial charge in [-0.25, -0.2) is 4.79 Å². The van der Waals surface area contributed by atoms with E-state index >= 15 is 0 Å². The summed E-state index contributed by atoms with van der Waals surface area (Å²) < 4.78 is 5.36. The van der Waals surface area contributed by atoms with Crippen molar-refractivity contribution in [2.45, 2.75) is 25.4 Å². The van der Waals surface area contributed by atoms with Gasteiger partial charge in [0, 0.05) is 32.8 Å². The van der Waals surface area contributed by atoms with Gasteiger partial charge in [-0.3, -0.25) is 4.79 Å². The van der Waals surface area contributed by atoms with Crippen molar-refractivity contribution in [3.63, 3.8) is 0 Å². The largest absolute Gasteiger partial charge is 0.481 e. The number of rotatable bonds is 3. The van der Waals surface area contributed by atoms with Crippen LogP contribution in [0.4, 0.5) is 4.79 Å². The molecule has 2 rings (SSSR count). The van der Waals surface area contributed by atoms with Crippen LogP contribution in [0.15, 0.2) is 0 Å². The fraction of sp³-hybridized carbons (Fsp3) is 0.846. The molecule has 1 unspecified atom stereocenters. The molecule has 7 nitrogen and oxygen atoms in total. The van der Waals surface area contributed by atoms with Crippen molar-refractivity contribution < 1.29 is 24.5 Å². The predicted molar refractivity (Wildman–Crippen MR) is 70.3 cm³/mol. The van der Waals surface area contributed by atoms with Gasteiger partial charge in [0.05, 0.1) is 19.1 Å². The van der Waals surface area contributed by atoms with E-state index < -0.39 is 12.1 Å². The standard InChI is InChI=1S/C13H22N2O5/c16-9-10-1-3-14(4-2-10)13(19)15-5-6-20-11(8-15)7-12(17)18/h10-11,16H,1-9H2,(H,17,18). The van der Waals surface area contributed by atoms with Gasteiger partial charge in [0.1, 0.15) is 0 Å². The molecule has 1 atom stereocenters. The van der Waals surface area contributed by atoms with Crippen LogP contribution in [0.25, 0.3) is 0 Å². The second-order valence-electron chi connectivity index (χ2n) is 5.43. The molecule has 2 fully saturated rings. The van der Waals surface area contributed by atoms with E-state index in [0.29, 0.717) is 38.7 Å². The van der Waals surface area contributed by atoms with Crippen LogP contribution in [0.1, 0.15) is 19.3 Å². The summed E-state index contributed by atoms with van der Waals surface area (Å²) >= 11 is 0. The second kappa shape index (κ2) is 6.90. The summed E-state index contributed by atoms with van der Waals surface area (Å²) in [5.41, 5.74) is 0. The molecule has 2 heterocycles. The third-order valence-electron chi connectivity index (χ3n) is 3.95. The molecule has 0 aromatic carbocycles. The monoisotopic (exact) mass is 286 g/mol. The normalized spacial score (nSPS) is 24.8. The van der Waals surface area contributed by atoms with E-state index in [9.17, 15) is 9.59 Å². The number of urea groups is 1. The SMILES string of the molecule is O=C(O)CC1CN(C(=O)N2CCC(CO)CC2)CCO1. The lowest BCUT2D eigenvalue weighted by molar-refractivity contribution is -0.141. The molecule has 0 saturated carbocycles. The van der Waals surface area contributed by atoms with Crippen LogP contribution < -0.4 is 0 Å². The summed E-state index contributed by atoms with van der Waals surface area (Å²) in [6, 6.07) is -0.0416. The first kappa shape index (κ1) is 15.1. The number of carboxylic acid groups (broad SMARTS) is 1. The number of ether oxygens (including phenoxy) is 1. The molecule has 0 aromatic rings. The van der Waals surface area contributed by atoms with Crippen molar-refractivity contribution in [2.24, 2.45) is 5.92 Å². The number of morpholine rings is 1. The molecule has 20 heavy (non-hydrogen) atoms. The minimum absolute atomic E-state index is 0.0416. The molecular weight excluding hydrogens is 264 g/mol. The van der Waals surface area contributed by atoms with Crippen LogP contribution in [0.2, 0.25) is 0 Å². The average Bonchev–Trinajstić information content (AvgIpc) is 2.46. The number of amides is 2. The Hall–Kier alpha value is -1.34. The maximum absolute atomic E-state index is 12.4. The molecule has 0 radical (unpaired) electrons. The molecule has 2 amide bonds. The number of aliphatic hydroxyl groups excluding tert-OH is 1. The maximum atomic E-state index is 12.4. The summed E-state index contributed by atoms with van der Waals surface area (Å²) in [6.07, 6.45) is 1.16. The number of aliphatic carboxylic acids is 1. The number of carbonyl (C=O) groups is 2.